The number of nitro benzene ring substituents is 1. The third-order valence-corrected chi connectivity index (χ3v) is 2.87. The minimum absolute atomic E-state index is 0.0247. The fourth-order valence-corrected chi connectivity index (χ4v) is 1.66. The minimum atomic E-state index is -0.456. The molecule has 0 aliphatic carbocycles. The molecular weight excluding hydrogens is 268 g/mol. The Morgan fingerprint density at radius 1 is 1.05 bits per heavy atom. The molecule has 0 bridgehead atoms. The highest BCUT2D eigenvalue weighted by Gasteiger charge is 2.03. The van der Waals surface area contributed by atoms with Crippen LogP contribution in [0.5, 0.6) is 0 Å². The van der Waals surface area contributed by atoms with Gasteiger partial charge in [0.2, 0.25) is 0 Å². The van der Waals surface area contributed by atoms with Gasteiger partial charge in [0.25, 0.3) is 5.69 Å². The highest BCUT2D eigenvalue weighted by atomic mass is 16.6. The number of azo groups is 1. The molecule has 21 heavy (non-hydrogen) atoms. The fraction of sp³-hybridized carbons (Fsp3) is 0.0667. The van der Waals surface area contributed by atoms with Gasteiger partial charge in [0.15, 0.2) is 0 Å². The normalized spacial score (nSPS) is 12.2. The number of non-ortho nitro benzene ring substituents is 1. The van der Waals surface area contributed by atoms with E-state index < -0.39 is 4.92 Å². The molecule has 6 nitrogen and oxygen atoms in total. The van der Waals surface area contributed by atoms with Crippen LogP contribution in [0.1, 0.15) is 11.6 Å². The van der Waals surface area contributed by atoms with Crippen molar-refractivity contribution < 1.29 is 4.92 Å². The molecular formula is C15H14N4O2. The van der Waals surface area contributed by atoms with E-state index in [0.717, 1.165) is 5.56 Å². The smallest absolute Gasteiger partial charge is 0.269 e. The summed E-state index contributed by atoms with van der Waals surface area (Å²) in [5.74, 6) is 0. The molecule has 0 saturated heterocycles. The van der Waals surface area contributed by atoms with Gasteiger partial charge in [-0.25, -0.2) is 0 Å². The lowest BCUT2D eigenvalue weighted by atomic mass is 10.1. The minimum Gasteiger partial charge on any atom is -0.321 e. The van der Waals surface area contributed by atoms with E-state index in [1.807, 2.05) is 12.1 Å². The van der Waals surface area contributed by atoms with Crippen molar-refractivity contribution in [1.29, 1.82) is 0 Å². The summed E-state index contributed by atoms with van der Waals surface area (Å²) in [7, 11) is 0. The first kappa shape index (κ1) is 14.5. The number of hydrogen-bond acceptors (Lipinski definition) is 5. The van der Waals surface area contributed by atoms with E-state index in [2.05, 4.69) is 16.8 Å². The van der Waals surface area contributed by atoms with Crippen molar-refractivity contribution in [3.05, 3.63) is 76.9 Å². The maximum absolute atomic E-state index is 10.5. The zero-order valence-electron chi connectivity index (χ0n) is 11.2. The second-order valence-electron chi connectivity index (χ2n) is 4.33. The number of nitrogens with zero attached hydrogens (tertiary/aromatic N) is 3. The first-order valence-electron chi connectivity index (χ1n) is 6.24. The van der Waals surface area contributed by atoms with Gasteiger partial charge in [-0.1, -0.05) is 18.2 Å². The van der Waals surface area contributed by atoms with Gasteiger partial charge in [-0.3, -0.25) is 10.1 Å². The average molecular weight is 282 g/mol. The van der Waals surface area contributed by atoms with E-state index in [-0.39, 0.29) is 11.7 Å². The van der Waals surface area contributed by atoms with Crippen LogP contribution in [0.3, 0.4) is 0 Å². The summed E-state index contributed by atoms with van der Waals surface area (Å²) in [6.07, 6.45) is 1.66. The van der Waals surface area contributed by atoms with Crippen molar-refractivity contribution in [2.24, 2.45) is 16.0 Å². The Balaban J connectivity index is 2.10. The van der Waals surface area contributed by atoms with Crippen LogP contribution in [0.25, 0.3) is 0 Å². The zero-order valence-corrected chi connectivity index (χ0v) is 11.2. The predicted molar refractivity (Wildman–Crippen MR) is 80.8 cm³/mol. The Bertz CT molecular complexity index is 663. The van der Waals surface area contributed by atoms with E-state index in [4.69, 9.17) is 5.73 Å². The standard InChI is InChI=1S/C15H14N4O2/c1-2-15(16)11-3-5-12(6-4-11)17-18-13-7-9-14(10-8-13)19(20)21/h2-10,15H,1,16H2. The lowest BCUT2D eigenvalue weighted by molar-refractivity contribution is -0.384. The summed E-state index contributed by atoms with van der Waals surface area (Å²) in [6, 6.07) is 13.0. The quantitative estimate of drug-likeness (QED) is 0.385. The first-order chi connectivity index (χ1) is 10.1. The maximum atomic E-state index is 10.5. The van der Waals surface area contributed by atoms with Crippen molar-refractivity contribution in [1.82, 2.24) is 0 Å². The molecule has 2 aromatic carbocycles. The van der Waals surface area contributed by atoms with Gasteiger partial charge in [-0.15, -0.1) is 6.58 Å². The fourth-order valence-electron chi connectivity index (χ4n) is 1.66. The van der Waals surface area contributed by atoms with Crippen LogP contribution in [-0.4, -0.2) is 4.92 Å². The average Bonchev–Trinajstić information content (AvgIpc) is 2.53. The van der Waals surface area contributed by atoms with E-state index in [0.29, 0.717) is 11.4 Å². The third kappa shape index (κ3) is 3.80. The number of nitrogens with two attached hydrogens (primary N) is 1. The van der Waals surface area contributed by atoms with E-state index >= 15 is 0 Å². The van der Waals surface area contributed by atoms with Gasteiger partial charge in [-0.2, -0.15) is 10.2 Å². The summed E-state index contributed by atoms with van der Waals surface area (Å²) in [4.78, 5) is 10.1. The van der Waals surface area contributed by atoms with E-state index in [9.17, 15) is 10.1 Å². The van der Waals surface area contributed by atoms with Crippen molar-refractivity contribution in [2.75, 3.05) is 0 Å². The maximum Gasteiger partial charge on any atom is 0.269 e. The first-order valence-corrected chi connectivity index (χ1v) is 6.24. The predicted octanol–water partition coefficient (Wildman–Crippen LogP) is 4.20. The lowest BCUT2D eigenvalue weighted by Crippen LogP contribution is -2.05. The van der Waals surface area contributed by atoms with E-state index in [1.54, 1.807) is 30.3 Å². The lowest BCUT2D eigenvalue weighted by Gasteiger charge is -2.05. The molecule has 106 valence electrons. The Kier molecular flexibility index (Phi) is 4.53. The van der Waals surface area contributed by atoms with Gasteiger partial charge >= 0.3 is 0 Å². The highest BCUT2D eigenvalue weighted by molar-refractivity contribution is 5.45. The number of rotatable bonds is 5. The number of benzene rings is 2. The molecule has 2 aromatic rings. The molecule has 1 atom stereocenters. The monoisotopic (exact) mass is 282 g/mol. The molecule has 6 heteroatoms. The molecule has 2 N–H and O–H groups in total. The molecule has 0 fully saturated rings. The second-order valence-corrected chi connectivity index (χ2v) is 4.33. The van der Waals surface area contributed by atoms with Crippen LogP contribution in [0, 0.1) is 10.1 Å². The molecule has 0 radical (unpaired) electrons. The molecule has 0 aromatic heterocycles. The summed E-state index contributed by atoms with van der Waals surface area (Å²) in [5.41, 5.74) is 8.01. The van der Waals surface area contributed by atoms with Crippen molar-refractivity contribution >= 4 is 17.1 Å². The Morgan fingerprint density at radius 2 is 1.52 bits per heavy atom. The van der Waals surface area contributed by atoms with Crippen LogP contribution in [0.15, 0.2) is 71.4 Å². The summed E-state index contributed by atoms with van der Waals surface area (Å²) in [5, 5.41) is 18.6. The largest absolute Gasteiger partial charge is 0.321 e. The van der Waals surface area contributed by atoms with Crippen molar-refractivity contribution in [2.45, 2.75) is 6.04 Å². The molecule has 0 aliphatic rings. The number of hydrogen-bond donors (Lipinski definition) is 1. The Morgan fingerprint density at radius 3 is 1.95 bits per heavy atom. The molecule has 0 heterocycles. The molecule has 0 amide bonds. The van der Waals surface area contributed by atoms with Crippen LogP contribution < -0.4 is 5.73 Å². The highest BCUT2D eigenvalue weighted by Crippen LogP contribution is 2.22. The molecule has 0 saturated carbocycles. The van der Waals surface area contributed by atoms with Gasteiger partial charge in [-0.05, 0) is 29.8 Å². The Hall–Kier alpha value is -2.86. The van der Waals surface area contributed by atoms with Crippen LogP contribution in [0.2, 0.25) is 0 Å². The van der Waals surface area contributed by atoms with Crippen molar-refractivity contribution in [3.8, 4) is 0 Å². The number of nitro groups is 1. The summed E-state index contributed by atoms with van der Waals surface area (Å²) in [6.45, 7) is 3.64. The van der Waals surface area contributed by atoms with Gasteiger partial charge in [0, 0.05) is 18.2 Å². The topological polar surface area (TPSA) is 93.9 Å². The SMILES string of the molecule is C=CC(N)c1ccc(N=Nc2ccc([N+](=O)[O-])cc2)cc1. The van der Waals surface area contributed by atoms with Gasteiger partial charge < -0.3 is 5.73 Å². The third-order valence-electron chi connectivity index (χ3n) is 2.87. The van der Waals surface area contributed by atoms with Crippen LogP contribution in [0.4, 0.5) is 17.1 Å². The zero-order chi connectivity index (χ0) is 15.2. The summed E-state index contributed by atoms with van der Waals surface area (Å²) < 4.78 is 0. The van der Waals surface area contributed by atoms with Crippen LogP contribution in [-0.2, 0) is 0 Å². The molecule has 0 aliphatic heterocycles. The summed E-state index contributed by atoms with van der Waals surface area (Å²) >= 11 is 0. The van der Waals surface area contributed by atoms with E-state index in [1.165, 1.54) is 12.1 Å². The molecule has 1 unspecified atom stereocenters. The molecule has 2 rings (SSSR count). The second kappa shape index (κ2) is 6.53. The Labute approximate surface area is 121 Å². The molecule has 0 spiro atoms. The van der Waals surface area contributed by atoms with Crippen LogP contribution >= 0.6 is 0 Å². The van der Waals surface area contributed by atoms with Gasteiger partial charge in [0.05, 0.1) is 16.3 Å². The van der Waals surface area contributed by atoms with Gasteiger partial charge in [0.1, 0.15) is 0 Å². The van der Waals surface area contributed by atoms with Crippen molar-refractivity contribution in [3.63, 3.8) is 0 Å².